The molecule has 1 atom stereocenters. The molecule has 4 heteroatoms. The second kappa shape index (κ2) is 6.87. The summed E-state index contributed by atoms with van der Waals surface area (Å²) in [4.78, 5) is 0. The third-order valence-electron chi connectivity index (χ3n) is 2.95. The lowest BCUT2D eigenvalue weighted by atomic mass is 9.94. The molecule has 0 amide bonds. The molecular formula is C14H20N2O2. The van der Waals surface area contributed by atoms with Gasteiger partial charge in [0.05, 0.1) is 19.8 Å². The molecule has 4 nitrogen and oxygen atoms in total. The first-order chi connectivity index (χ1) is 8.65. The Morgan fingerprint density at radius 3 is 2.56 bits per heavy atom. The fourth-order valence-electron chi connectivity index (χ4n) is 1.62. The lowest BCUT2D eigenvalue weighted by Gasteiger charge is -2.19. The lowest BCUT2D eigenvalue weighted by molar-refractivity contribution is 0.275. The summed E-state index contributed by atoms with van der Waals surface area (Å²) in [6, 6.07) is 9.65. The molecule has 2 N–H and O–H groups in total. The van der Waals surface area contributed by atoms with Gasteiger partial charge in [-0.2, -0.15) is 5.26 Å². The van der Waals surface area contributed by atoms with E-state index in [1.54, 1.807) is 7.11 Å². The zero-order valence-electron chi connectivity index (χ0n) is 11.0. The molecule has 1 aromatic rings. The fraction of sp³-hybridized carbons (Fsp3) is 0.500. The molecule has 0 bridgehead atoms. The van der Waals surface area contributed by atoms with E-state index >= 15 is 0 Å². The van der Waals surface area contributed by atoms with Crippen LogP contribution in [0.2, 0.25) is 0 Å². The van der Waals surface area contributed by atoms with Gasteiger partial charge in [0.1, 0.15) is 5.54 Å². The van der Waals surface area contributed by atoms with E-state index in [4.69, 9.17) is 20.5 Å². The zero-order chi connectivity index (χ0) is 13.4. The molecule has 1 rings (SSSR count). The Hall–Kier alpha value is -1.73. The molecular weight excluding hydrogens is 228 g/mol. The minimum Gasteiger partial charge on any atom is -0.493 e. The summed E-state index contributed by atoms with van der Waals surface area (Å²) in [6.45, 7) is 2.45. The Kier molecular flexibility index (Phi) is 5.47. The maximum Gasteiger partial charge on any atom is 0.161 e. The Morgan fingerprint density at radius 1 is 1.33 bits per heavy atom. The molecule has 1 unspecified atom stereocenters. The molecule has 0 heterocycles. The number of ether oxygens (including phenoxy) is 2. The molecule has 0 aromatic heterocycles. The first-order valence-corrected chi connectivity index (χ1v) is 6.11. The van der Waals surface area contributed by atoms with Crippen LogP contribution in [0.15, 0.2) is 24.3 Å². The van der Waals surface area contributed by atoms with Crippen LogP contribution in [0.5, 0.6) is 11.5 Å². The molecule has 18 heavy (non-hydrogen) atoms. The van der Waals surface area contributed by atoms with Crippen molar-refractivity contribution in [3.63, 3.8) is 0 Å². The third-order valence-corrected chi connectivity index (χ3v) is 2.95. The smallest absolute Gasteiger partial charge is 0.161 e. The van der Waals surface area contributed by atoms with Gasteiger partial charge in [-0.25, -0.2) is 0 Å². The second-order valence-corrected chi connectivity index (χ2v) is 4.22. The number of methoxy groups -OCH3 is 1. The van der Waals surface area contributed by atoms with E-state index in [1.807, 2.05) is 31.2 Å². The molecule has 0 aliphatic heterocycles. The Balaban J connectivity index is 2.41. The Morgan fingerprint density at radius 2 is 2.00 bits per heavy atom. The van der Waals surface area contributed by atoms with Crippen LogP contribution in [0, 0.1) is 11.3 Å². The largest absolute Gasteiger partial charge is 0.493 e. The Labute approximate surface area is 108 Å². The average molecular weight is 248 g/mol. The van der Waals surface area contributed by atoms with Gasteiger partial charge in [-0.05, 0) is 31.4 Å². The predicted molar refractivity (Wildman–Crippen MR) is 70.5 cm³/mol. The molecule has 0 fully saturated rings. The number of rotatable bonds is 7. The van der Waals surface area contributed by atoms with E-state index in [-0.39, 0.29) is 0 Å². The highest BCUT2D eigenvalue weighted by atomic mass is 16.5. The van der Waals surface area contributed by atoms with Crippen molar-refractivity contribution in [3.8, 4) is 17.6 Å². The normalized spacial score (nSPS) is 13.4. The van der Waals surface area contributed by atoms with E-state index < -0.39 is 5.54 Å². The molecule has 0 aliphatic rings. The van der Waals surface area contributed by atoms with Crippen LogP contribution in [0.4, 0.5) is 0 Å². The molecule has 0 spiro atoms. The maximum atomic E-state index is 8.95. The van der Waals surface area contributed by atoms with Crippen molar-refractivity contribution in [3.05, 3.63) is 24.3 Å². The highest BCUT2D eigenvalue weighted by molar-refractivity contribution is 5.39. The summed E-state index contributed by atoms with van der Waals surface area (Å²) >= 11 is 0. The average Bonchev–Trinajstić information content (AvgIpc) is 2.43. The zero-order valence-corrected chi connectivity index (χ0v) is 11.0. The highest BCUT2D eigenvalue weighted by Gasteiger charge is 2.21. The van der Waals surface area contributed by atoms with E-state index in [0.29, 0.717) is 25.2 Å². The lowest BCUT2D eigenvalue weighted by Crippen LogP contribution is -2.37. The van der Waals surface area contributed by atoms with E-state index in [0.717, 1.165) is 12.2 Å². The van der Waals surface area contributed by atoms with Crippen molar-refractivity contribution in [2.75, 3.05) is 13.7 Å². The summed E-state index contributed by atoms with van der Waals surface area (Å²) in [5.74, 6) is 1.43. The van der Waals surface area contributed by atoms with Gasteiger partial charge in [-0.15, -0.1) is 0 Å². The number of hydrogen-bond donors (Lipinski definition) is 1. The molecule has 1 aromatic carbocycles. The number of para-hydroxylation sites is 2. The summed E-state index contributed by atoms with van der Waals surface area (Å²) < 4.78 is 10.8. The van der Waals surface area contributed by atoms with Gasteiger partial charge in [0.15, 0.2) is 11.5 Å². The maximum absolute atomic E-state index is 8.95. The van der Waals surface area contributed by atoms with Crippen LogP contribution < -0.4 is 15.2 Å². The Bertz CT molecular complexity index is 415. The van der Waals surface area contributed by atoms with Crippen LogP contribution >= 0.6 is 0 Å². The minimum atomic E-state index is -0.732. The van der Waals surface area contributed by atoms with Gasteiger partial charge < -0.3 is 15.2 Å². The number of nitrogens with zero attached hydrogens (tertiary/aromatic N) is 1. The van der Waals surface area contributed by atoms with Gasteiger partial charge >= 0.3 is 0 Å². The minimum absolute atomic E-state index is 0.529. The van der Waals surface area contributed by atoms with Crippen molar-refractivity contribution in [1.82, 2.24) is 0 Å². The summed E-state index contributed by atoms with van der Waals surface area (Å²) in [6.07, 6.45) is 2.03. The van der Waals surface area contributed by atoms with Crippen molar-refractivity contribution in [2.45, 2.75) is 31.7 Å². The summed E-state index contributed by atoms with van der Waals surface area (Å²) in [5.41, 5.74) is 5.16. The van der Waals surface area contributed by atoms with Crippen LogP contribution in [0.3, 0.4) is 0 Å². The predicted octanol–water partition coefficient (Wildman–Crippen LogP) is 2.49. The van der Waals surface area contributed by atoms with Crippen LogP contribution in [0.25, 0.3) is 0 Å². The quantitative estimate of drug-likeness (QED) is 0.753. The van der Waals surface area contributed by atoms with E-state index in [2.05, 4.69) is 6.07 Å². The second-order valence-electron chi connectivity index (χ2n) is 4.22. The summed E-state index contributed by atoms with van der Waals surface area (Å²) in [5, 5.41) is 8.95. The van der Waals surface area contributed by atoms with Gasteiger partial charge in [0.25, 0.3) is 0 Å². The van der Waals surface area contributed by atoms with Gasteiger partial charge in [0.2, 0.25) is 0 Å². The highest BCUT2D eigenvalue weighted by Crippen LogP contribution is 2.26. The molecule has 0 saturated heterocycles. The number of hydrogen-bond acceptors (Lipinski definition) is 4. The van der Waals surface area contributed by atoms with Gasteiger partial charge in [-0.1, -0.05) is 19.1 Å². The van der Waals surface area contributed by atoms with Crippen LogP contribution in [-0.4, -0.2) is 19.3 Å². The first kappa shape index (κ1) is 14.3. The standard InChI is InChI=1S/C14H20N2O2/c1-3-14(16,11-15)9-6-10-18-13-8-5-4-7-12(13)17-2/h4-5,7-8H,3,6,9-10,16H2,1-2H3. The van der Waals surface area contributed by atoms with E-state index in [1.165, 1.54) is 0 Å². The van der Waals surface area contributed by atoms with Crippen molar-refractivity contribution >= 4 is 0 Å². The topological polar surface area (TPSA) is 68.3 Å². The third kappa shape index (κ3) is 3.94. The van der Waals surface area contributed by atoms with Gasteiger partial charge in [0, 0.05) is 0 Å². The molecule has 0 radical (unpaired) electrons. The molecule has 0 aliphatic carbocycles. The molecule has 98 valence electrons. The first-order valence-electron chi connectivity index (χ1n) is 6.11. The number of nitrogens with two attached hydrogens (primary N) is 1. The molecule has 0 saturated carbocycles. The van der Waals surface area contributed by atoms with Crippen molar-refractivity contribution in [1.29, 1.82) is 5.26 Å². The monoisotopic (exact) mass is 248 g/mol. The fourth-order valence-corrected chi connectivity index (χ4v) is 1.62. The summed E-state index contributed by atoms with van der Waals surface area (Å²) in [7, 11) is 1.61. The van der Waals surface area contributed by atoms with Crippen LogP contribution in [0.1, 0.15) is 26.2 Å². The van der Waals surface area contributed by atoms with Crippen molar-refractivity contribution in [2.24, 2.45) is 5.73 Å². The number of nitriles is 1. The van der Waals surface area contributed by atoms with Crippen LogP contribution in [-0.2, 0) is 0 Å². The van der Waals surface area contributed by atoms with Gasteiger partial charge in [-0.3, -0.25) is 0 Å². The number of benzene rings is 1. The SMILES string of the molecule is CCC(N)(C#N)CCCOc1ccccc1OC. The van der Waals surface area contributed by atoms with Crippen molar-refractivity contribution < 1.29 is 9.47 Å². The van der Waals surface area contributed by atoms with E-state index in [9.17, 15) is 0 Å².